The first-order valence-electron chi connectivity index (χ1n) is 10.8. The Morgan fingerprint density at radius 2 is 1.86 bits per heavy atom. The normalized spacial score (nSPS) is 24.4. The van der Waals surface area contributed by atoms with E-state index in [-0.39, 0.29) is 11.8 Å². The van der Waals surface area contributed by atoms with E-state index in [0.717, 1.165) is 76.0 Å². The highest BCUT2D eigenvalue weighted by atomic mass is 16.2. The Morgan fingerprint density at radius 1 is 1.11 bits per heavy atom. The van der Waals surface area contributed by atoms with E-state index in [1.54, 1.807) is 4.68 Å². The lowest BCUT2D eigenvalue weighted by Gasteiger charge is -2.42. The number of aryl methyl sites for hydroxylation is 2. The molecule has 1 saturated carbocycles. The SMILES string of the molecule is Cc1nn(C)cc1CNC(=O)[C@H]1CCCN(C2CCN(C(=O)C3CC3)CC2)C1. The summed E-state index contributed by atoms with van der Waals surface area (Å²) < 4.78 is 1.79. The Balaban J connectivity index is 1.25. The van der Waals surface area contributed by atoms with Crippen molar-refractivity contribution in [3.8, 4) is 0 Å². The quantitative estimate of drug-likeness (QED) is 0.830. The highest BCUT2D eigenvalue weighted by Crippen LogP contribution is 2.32. The molecule has 28 heavy (non-hydrogen) atoms. The second kappa shape index (κ2) is 8.23. The van der Waals surface area contributed by atoms with Crippen molar-refractivity contribution >= 4 is 11.8 Å². The number of carbonyl (C=O) groups excluding carboxylic acids is 2. The molecule has 7 heteroatoms. The third-order valence-electron chi connectivity index (χ3n) is 6.61. The van der Waals surface area contributed by atoms with Crippen LogP contribution in [0.25, 0.3) is 0 Å². The predicted octanol–water partition coefficient (Wildman–Crippen LogP) is 1.46. The maximum absolute atomic E-state index is 12.7. The van der Waals surface area contributed by atoms with Crippen LogP contribution in [-0.4, -0.2) is 63.6 Å². The third kappa shape index (κ3) is 4.40. The van der Waals surface area contributed by atoms with Crippen LogP contribution in [0.2, 0.25) is 0 Å². The number of carbonyl (C=O) groups is 2. The van der Waals surface area contributed by atoms with Gasteiger partial charge in [-0.2, -0.15) is 5.10 Å². The van der Waals surface area contributed by atoms with Crippen molar-refractivity contribution in [1.29, 1.82) is 0 Å². The van der Waals surface area contributed by atoms with Crippen molar-refractivity contribution < 1.29 is 9.59 Å². The molecule has 0 spiro atoms. The zero-order valence-electron chi connectivity index (χ0n) is 17.2. The Labute approximate surface area is 167 Å². The molecule has 1 aromatic heterocycles. The van der Waals surface area contributed by atoms with Gasteiger partial charge in [0.25, 0.3) is 0 Å². The molecule has 2 saturated heterocycles. The average molecular weight is 388 g/mol. The minimum absolute atomic E-state index is 0.0665. The Morgan fingerprint density at radius 3 is 2.50 bits per heavy atom. The fourth-order valence-corrected chi connectivity index (χ4v) is 4.74. The topological polar surface area (TPSA) is 70.5 Å². The molecule has 3 aliphatic rings. The van der Waals surface area contributed by atoms with Crippen LogP contribution in [0.5, 0.6) is 0 Å². The van der Waals surface area contributed by atoms with E-state index in [1.165, 1.54) is 0 Å². The van der Waals surface area contributed by atoms with Crippen molar-refractivity contribution in [2.24, 2.45) is 18.9 Å². The van der Waals surface area contributed by atoms with Crippen molar-refractivity contribution in [3.05, 3.63) is 17.5 Å². The number of rotatable bonds is 5. The summed E-state index contributed by atoms with van der Waals surface area (Å²) in [5.41, 5.74) is 2.05. The molecule has 4 rings (SSSR count). The van der Waals surface area contributed by atoms with Crippen LogP contribution in [0.1, 0.15) is 49.8 Å². The van der Waals surface area contributed by atoms with E-state index in [0.29, 0.717) is 24.4 Å². The summed E-state index contributed by atoms with van der Waals surface area (Å²) in [6.45, 7) is 6.22. The monoisotopic (exact) mass is 387 g/mol. The molecular formula is C21H33N5O2. The first-order chi connectivity index (χ1) is 13.5. The summed E-state index contributed by atoms with van der Waals surface area (Å²) in [4.78, 5) is 29.5. The summed E-state index contributed by atoms with van der Waals surface area (Å²) in [5.74, 6) is 0.925. The first kappa shape index (κ1) is 19.4. The van der Waals surface area contributed by atoms with Crippen molar-refractivity contribution in [3.63, 3.8) is 0 Å². The van der Waals surface area contributed by atoms with E-state index < -0.39 is 0 Å². The molecule has 154 valence electrons. The van der Waals surface area contributed by atoms with Crippen molar-refractivity contribution in [1.82, 2.24) is 24.9 Å². The number of amides is 2. The van der Waals surface area contributed by atoms with Gasteiger partial charge in [0.1, 0.15) is 0 Å². The van der Waals surface area contributed by atoms with Gasteiger partial charge in [-0.1, -0.05) is 0 Å². The van der Waals surface area contributed by atoms with Gasteiger partial charge in [0.05, 0.1) is 11.6 Å². The molecule has 0 unspecified atom stereocenters. The molecule has 3 fully saturated rings. The third-order valence-corrected chi connectivity index (χ3v) is 6.61. The standard InChI is InChI=1S/C21H33N5O2/c1-15-18(13-24(2)23-15)12-22-20(27)17-4-3-9-26(14-17)19-7-10-25(11-8-19)21(28)16-5-6-16/h13,16-17,19H,3-12,14H2,1-2H3,(H,22,27)/t17-/m0/s1. The molecular weight excluding hydrogens is 354 g/mol. The predicted molar refractivity (Wildman–Crippen MR) is 106 cm³/mol. The maximum Gasteiger partial charge on any atom is 0.225 e. The minimum Gasteiger partial charge on any atom is -0.352 e. The van der Waals surface area contributed by atoms with Gasteiger partial charge in [-0.15, -0.1) is 0 Å². The number of nitrogens with zero attached hydrogens (tertiary/aromatic N) is 4. The highest BCUT2D eigenvalue weighted by molar-refractivity contribution is 5.81. The largest absolute Gasteiger partial charge is 0.352 e. The Hall–Kier alpha value is -1.89. The molecule has 1 atom stereocenters. The lowest BCUT2D eigenvalue weighted by atomic mass is 9.93. The number of aromatic nitrogens is 2. The van der Waals surface area contributed by atoms with Crippen LogP contribution >= 0.6 is 0 Å². The molecule has 7 nitrogen and oxygen atoms in total. The van der Waals surface area contributed by atoms with Crippen LogP contribution in [0.15, 0.2) is 6.20 Å². The lowest BCUT2D eigenvalue weighted by molar-refractivity contribution is -0.134. The molecule has 1 aliphatic carbocycles. The van der Waals surface area contributed by atoms with Gasteiger partial charge in [-0.3, -0.25) is 19.2 Å². The van der Waals surface area contributed by atoms with Crippen LogP contribution in [0.3, 0.4) is 0 Å². The number of nitrogens with one attached hydrogen (secondary N) is 1. The zero-order valence-corrected chi connectivity index (χ0v) is 17.2. The molecule has 2 aliphatic heterocycles. The number of hydrogen-bond donors (Lipinski definition) is 1. The average Bonchev–Trinajstić information content (AvgIpc) is 3.50. The van der Waals surface area contributed by atoms with Crippen LogP contribution in [0.4, 0.5) is 0 Å². The highest BCUT2D eigenvalue weighted by Gasteiger charge is 2.37. The molecule has 1 aromatic rings. The minimum atomic E-state index is 0.0665. The summed E-state index contributed by atoms with van der Waals surface area (Å²) in [6, 6.07) is 0.513. The van der Waals surface area contributed by atoms with E-state index in [2.05, 4.69) is 20.2 Å². The fourth-order valence-electron chi connectivity index (χ4n) is 4.74. The van der Waals surface area contributed by atoms with Gasteiger partial charge in [0.2, 0.25) is 11.8 Å². The second-order valence-electron chi connectivity index (χ2n) is 8.80. The Kier molecular flexibility index (Phi) is 5.71. The number of likely N-dealkylation sites (tertiary alicyclic amines) is 2. The van der Waals surface area contributed by atoms with Gasteiger partial charge in [0, 0.05) is 56.9 Å². The van der Waals surface area contributed by atoms with Gasteiger partial charge in [-0.05, 0) is 52.0 Å². The van der Waals surface area contributed by atoms with Gasteiger partial charge in [-0.25, -0.2) is 0 Å². The van der Waals surface area contributed by atoms with E-state index in [1.807, 2.05) is 20.2 Å². The molecule has 2 amide bonds. The molecule has 1 N–H and O–H groups in total. The van der Waals surface area contributed by atoms with E-state index in [4.69, 9.17) is 0 Å². The number of piperidine rings is 2. The molecule has 0 radical (unpaired) electrons. The van der Waals surface area contributed by atoms with Crippen LogP contribution in [-0.2, 0) is 23.2 Å². The van der Waals surface area contributed by atoms with Crippen molar-refractivity contribution in [2.45, 2.75) is 58.0 Å². The van der Waals surface area contributed by atoms with Crippen LogP contribution in [0, 0.1) is 18.8 Å². The summed E-state index contributed by atoms with van der Waals surface area (Å²) in [6.07, 6.45) is 8.27. The second-order valence-corrected chi connectivity index (χ2v) is 8.80. The van der Waals surface area contributed by atoms with Gasteiger partial charge >= 0.3 is 0 Å². The van der Waals surface area contributed by atoms with Crippen molar-refractivity contribution in [2.75, 3.05) is 26.2 Å². The smallest absolute Gasteiger partial charge is 0.225 e. The fraction of sp³-hybridized carbons (Fsp3) is 0.762. The van der Waals surface area contributed by atoms with E-state index in [9.17, 15) is 9.59 Å². The summed E-state index contributed by atoms with van der Waals surface area (Å²) in [7, 11) is 1.90. The van der Waals surface area contributed by atoms with Gasteiger partial charge in [0.15, 0.2) is 0 Å². The first-order valence-corrected chi connectivity index (χ1v) is 10.8. The summed E-state index contributed by atoms with van der Waals surface area (Å²) in [5, 5.41) is 7.45. The zero-order chi connectivity index (χ0) is 19.7. The Bertz CT molecular complexity index is 718. The number of hydrogen-bond acceptors (Lipinski definition) is 4. The lowest BCUT2D eigenvalue weighted by Crippen LogP contribution is -2.51. The molecule has 3 heterocycles. The molecule has 0 bridgehead atoms. The summed E-state index contributed by atoms with van der Waals surface area (Å²) >= 11 is 0. The van der Waals surface area contributed by atoms with Crippen LogP contribution < -0.4 is 5.32 Å². The van der Waals surface area contributed by atoms with E-state index >= 15 is 0 Å². The van der Waals surface area contributed by atoms with Gasteiger partial charge < -0.3 is 10.2 Å². The molecule has 0 aromatic carbocycles. The maximum atomic E-state index is 12.7.